The Kier molecular flexibility index (Phi) is 4.96. The van der Waals surface area contributed by atoms with Crippen LogP contribution >= 0.6 is 11.3 Å². The van der Waals surface area contributed by atoms with Crippen molar-refractivity contribution in [1.82, 2.24) is 10.2 Å². The maximum atomic E-state index is 12.3. The quantitative estimate of drug-likeness (QED) is 0.711. The summed E-state index contributed by atoms with van der Waals surface area (Å²) < 4.78 is 5.32. The van der Waals surface area contributed by atoms with E-state index in [4.69, 9.17) is 4.74 Å². The Morgan fingerprint density at radius 1 is 1.33 bits per heavy atom. The predicted molar refractivity (Wildman–Crippen MR) is 96.6 cm³/mol. The minimum absolute atomic E-state index is 0.00188. The molecule has 1 aromatic carbocycles. The van der Waals surface area contributed by atoms with Crippen LogP contribution < -0.4 is 10.1 Å². The lowest BCUT2D eigenvalue weighted by Crippen LogP contribution is -2.12. The third-order valence-corrected chi connectivity index (χ3v) is 4.86. The highest BCUT2D eigenvalue weighted by Crippen LogP contribution is 2.33. The normalized spacial score (nSPS) is 10.6. The maximum absolute atomic E-state index is 12.3. The van der Waals surface area contributed by atoms with Gasteiger partial charge < -0.3 is 10.1 Å². The lowest BCUT2D eigenvalue weighted by molar-refractivity contribution is -0.116. The van der Waals surface area contributed by atoms with Crippen LogP contribution in [0.4, 0.5) is 5.69 Å². The number of aryl methyl sites for hydroxylation is 2. The van der Waals surface area contributed by atoms with Crippen molar-refractivity contribution in [3.63, 3.8) is 0 Å². The van der Waals surface area contributed by atoms with Crippen LogP contribution in [0, 0.1) is 6.92 Å². The van der Waals surface area contributed by atoms with Crippen molar-refractivity contribution >= 4 is 22.9 Å². The number of carbonyl (C=O) groups excluding carboxylic acids is 1. The summed E-state index contributed by atoms with van der Waals surface area (Å²) >= 11 is 1.63. The molecule has 0 bridgehead atoms. The summed E-state index contributed by atoms with van der Waals surface area (Å²) in [5.74, 6) is 0.816. The molecule has 3 rings (SSSR count). The van der Waals surface area contributed by atoms with Crippen LogP contribution in [0.15, 0.2) is 42.6 Å². The van der Waals surface area contributed by atoms with E-state index in [0.717, 1.165) is 32.4 Å². The number of hydrogen-bond donors (Lipinski definition) is 2. The lowest BCUT2D eigenvalue weighted by Gasteiger charge is -2.08. The van der Waals surface area contributed by atoms with Crippen LogP contribution in [0.5, 0.6) is 5.75 Å². The largest absolute Gasteiger partial charge is 0.496 e. The van der Waals surface area contributed by atoms with E-state index in [9.17, 15) is 4.79 Å². The van der Waals surface area contributed by atoms with Gasteiger partial charge >= 0.3 is 0 Å². The number of H-pyrrole nitrogens is 1. The molecule has 0 fully saturated rings. The van der Waals surface area contributed by atoms with Crippen molar-refractivity contribution in [1.29, 1.82) is 0 Å². The van der Waals surface area contributed by atoms with Crippen molar-refractivity contribution in [2.24, 2.45) is 0 Å². The Balaban J connectivity index is 1.63. The second kappa shape index (κ2) is 7.31. The van der Waals surface area contributed by atoms with Crippen molar-refractivity contribution in [2.75, 3.05) is 12.4 Å². The van der Waals surface area contributed by atoms with E-state index < -0.39 is 0 Å². The number of benzene rings is 1. The zero-order valence-electron chi connectivity index (χ0n) is 13.6. The highest BCUT2D eigenvalue weighted by molar-refractivity contribution is 7.16. The highest BCUT2D eigenvalue weighted by atomic mass is 32.1. The number of nitrogens with one attached hydrogen (secondary N) is 2. The van der Waals surface area contributed by atoms with Gasteiger partial charge in [-0.05, 0) is 37.1 Å². The predicted octanol–water partition coefficient (Wildman–Crippen LogP) is 4.03. The maximum Gasteiger partial charge on any atom is 0.224 e. The number of anilines is 1. The number of carbonyl (C=O) groups is 1. The number of aromatic amines is 1. The average Bonchev–Trinajstić information content (AvgIpc) is 3.23. The lowest BCUT2D eigenvalue weighted by atomic mass is 10.1. The Labute approximate surface area is 144 Å². The molecular weight excluding hydrogens is 322 g/mol. The van der Waals surface area contributed by atoms with Gasteiger partial charge in [-0.25, -0.2) is 0 Å². The molecule has 0 aliphatic rings. The number of amides is 1. The van der Waals surface area contributed by atoms with Crippen LogP contribution in [-0.2, 0) is 11.2 Å². The van der Waals surface area contributed by atoms with Crippen molar-refractivity contribution in [3.8, 4) is 16.3 Å². The number of methoxy groups -OCH3 is 1. The molecule has 5 nitrogen and oxygen atoms in total. The van der Waals surface area contributed by atoms with E-state index in [0.29, 0.717) is 12.8 Å². The first kappa shape index (κ1) is 16.3. The molecule has 0 unspecified atom stereocenters. The topological polar surface area (TPSA) is 67.0 Å². The minimum atomic E-state index is -0.00188. The summed E-state index contributed by atoms with van der Waals surface area (Å²) in [6.07, 6.45) is 2.78. The molecule has 2 N–H and O–H groups in total. The summed E-state index contributed by atoms with van der Waals surface area (Å²) in [7, 11) is 1.64. The first-order chi connectivity index (χ1) is 11.7. The summed E-state index contributed by atoms with van der Waals surface area (Å²) in [6, 6.07) is 11.7. The molecule has 0 spiro atoms. The Bertz CT molecular complexity index is 825. The number of para-hydroxylation sites is 1. The molecule has 0 saturated heterocycles. The molecule has 1 amide bonds. The number of aromatic nitrogens is 2. The van der Waals surface area contributed by atoms with Crippen LogP contribution in [0.2, 0.25) is 0 Å². The van der Waals surface area contributed by atoms with Crippen molar-refractivity contribution in [3.05, 3.63) is 53.0 Å². The van der Waals surface area contributed by atoms with Crippen molar-refractivity contribution < 1.29 is 9.53 Å². The number of hydrogen-bond acceptors (Lipinski definition) is 4. The second-order valence-corrected chi connectivity index (χ2v) is 6.67. The smallest absolute Gasteiger partial charge is 0.224 e. The standard InChI is InChI=1S/C18H19N3O2S/c1-12-15(11-17(24-12)14-9-10-19-21-14)20-18(22)8-7-13-5-3-4-6-16(13)23-2/h3-6,9-11H,7-8H2,1-2H3,(H,19,21)(H,20,22). The molecule has 0 atom stereocenters. The molecule has 2 aromatic heterocycles. The van der Waals surface area contributed by atoms with E-state index in [1.165, 1.54) is 0 Å². The van der Waals surface area contributed by atoms with Gasteiger partial charge in [0.05, 0.1) is 23.4 Å². The van der Waals surface area contributed by atoms with Gasteiger partial charge in [0.2, 0.25) is 5.91 Å². The van der Waals surface area contributed by atoms with Gasteiger partial charge in [-0.15, -0.1) is 11.3 Å². The molecule has 124 valence electrons. The molecule has 0 aliphatic heterocycles. The number of nitrogens with zero attached hydrogens (tertiary/aromatic N) is 1. The Hall–Kier alpha value is -2.60. The molecule has 2 heterocycles. The van der Waals surface area contributed by atoms with E-state index in [2.05, 4.69) is 15.5 Å². The Morgan fingerprint density at radius 2 is 2.17 bits per heavy atom. The van der Waals surface area contributed by atoms with E-state index in [1.54, 1.807) is 24.6 Å². The fraction of sp³-hybridized carbons (Fsp3) is 0.222. The fourth-order valence-electron chi connectivity index (χ4n) is 2.50. The fourth-order valence-corrected chi connectivity index (χ4v) is 3.45. The van der Waals surface area contributed by atoms with Crippen LogP contribution in [0.3, 0.4) is 0 Å². The third kappa shape index (κ3) is 3.65. The van der Waals surface area contributed by atoms with E-state index in [-0.39, 0.29) is 5.91 Å². The molecule has 0 aliphatic carbocycles. The van der Waals surface area contributed by atoms with Gasteiger partial charge in [0.1, 0.15) is 5.75 Å². The summed E-state index contributed by atoms with van der Waals surface area (Å²) in [4.78, 5) is 14.4. The first-order valence-corrected chi connectivity index (χ1v) is 8.51. The number of rotatable bonds is 6. The monoisotopic (exact) mass is 341 g/mol. The summed E-state index contributed by atoms with van der Waals surface area (Å²) in [5, 5.41) is 9.90. The number of ether oxygens (including phenoxy) is 1. The molecule has 0 saturated carbocycles. The van der Waals surface area contributed by atoms with Gasteiger partial charge in [0.15, 0.2) is 0 Å². The van der Waals surface area contributed by atoms with Crippen LogP contribution in [-0.4, -0.2) is 23.2 Å². The third-order valence-electron chi connectivity index (χ3n) is 3.77. The van der Waals surface area contributed by atoms with E-state index >= 15 is 0 Å². The molecule has 3 aromatic rings. The molecular formula is C18H19N3O2S. The average molecular weight is 341 g/mol. The van der Waals surface area contributed by atoms with Gasteiger partial charge in [0.25, 0.3) is 0 Å². The van der Waals surface area contributed by atoms with Crippen LogP contribution in [0.25, 0.3) is 10.6 Å². The molecule has 6 heteroatoms. The SMILES string of the molecule is COc1ccccc1CCC(=O)Nc1cc(-c2ccn[nH]2)sc1C. The first-order valence-electron chi connectivity index (χ1n) is 7.69. The van der Waals surface area contributed by atoms with Crippen molar-refractivity contribution in [2.45, 2.75) is 19.8 Å². The molecule has 0 radical (unpaired) electrons. The minimum Gasteiger partial charge on any atom is -0.496 e. The zero-order chi connectivity index (χ0) is 16.9. The molecule has 24 heavy (non-hydrogen) atoms. The second-order valence-electron chi connectivity index (χ2n) is 5.41. The summed E-state index contributed by atoms with van der Waals surface area (Å²) in [5.41, 5.74) is 2.85. The van der Waals surface area contributed by atoms with Gasteiger partial charge in [-0.3, -0.25) is 9.89 Å². The zero-order valence-corrected chi connectivity index (χ0v) is 14.4. The van der Waals surface area contributed by atoms with Gasteiger partial charge in [-0.1, -0.05) is 18.2 Å². The van der Waals surface area contributed by atoms with E-state index in [1.807, 2.05) is 43.3 Å². The Morgan fingerprint density at radius 3 is 2.92 bits per heavy atom. The number of thiophene rings is 1. The highest BCUT2D eigenvalue weighted by Gasteiger charge is 2.12. The van der Waals surface area contributed by atoms with Gasteiger partial charge in [0, 0.05) is 17.5 Å². The van der Waals surface area contributed by atoms with Crippen LogP contribution in [0.1, 0.15) is 16.9 Å². The summed E-state index contributed by atoms with van der Waals surface area (Å²) in [6.45, 7) is 2.00. The van der Waals surface area contributed by atoms with Gasteiger partial charge in [-0.2, -0.15) is 5.10 Å².